The summed E-state index contributed by atoms with van der Waals surface area (Å²) in [7, 11) is 0. The van der Waals surface area contributed by atoms with E-state index in [-0.39, 0.29) is 23.4 Å². The number of para-hydroxylation sites is 1. The molecule has 0 saturated carbocycles. The second kappa shape index (κ2) is 4.94. The zero-order chi connectivity index (χ0) is 14.1. The van der Waals surface area contributed by atoms with Gasteiger partial charge in [-0.2, -0.15) is 0 Å². The van der Waals surface area contributed by atoms with Crippen molar-refractivity contribution in [3.8, 4) is 5.75 Å². The molecular formula is C15H15N3O2. The fourth-order valence-corrected chi connectivity index (χ4v) is 2.51. The number of nitrogens with zero attached hydrogens (tertiary/aromatic N) is 2. The molecule has 0 spiro atoms. The average Bonchev–Trinajstić information content (AvgIpc) is 2.46. The smallest absolute Gasteiger partial charge is 0.280 e. The largest absolute Gasteiger partial charge is 0.505 e. The first-order valence-corrected chi connectivity index (χ1v) is 6.46. The minimum atomic E-state index is -0.328. The van der Waals surface area contributed by atoms with Crippen molar-refractivity contribution in [3.63, 3.8) is 0 Å². The molecule has 102 valence electrons. The predicted molar refractivity (Wildman–Crippen MR) is 75.7 cm³/mol. The quantitative estimate of drug-likeness (QED) is 0.818. The molecule has 1 aliphatic rings. The molecule has 2 aromatic rings. The molecule has 0 aliphatic carbocycles. The van der Waals surface area contributed by atoms with E-state index in [1.54, 1.807) is 11.0 Å². The molecule has 20 heavy (non-hydrogen) atoms. The summed E-state index contributed by atoms with van der Waals surface area (Å²) in [6, 6.07) is 10.6. The number of hydrogen-bond donors (Lipinski definition) is 2. The van der Waals surface area contributed by atoms with Crippen LogP contribution in [0.5, 0.6) is 5.75 Å². The lowest BCUT2D eigenvalue weighted by Gasteiger charge is -2.32. The van der Waals surface area contributed by atoms with Crippen LogP contribution in [0.15, 0.2) is 42.6 Å². The van der Waals surface area contributed by atoms with Crippen molar-refractivity contribution in [2.75, 3.05) is 11.4 Å². The van der Waals surface area contributed by atoms with Crippen LogP contribution in [0.25, 0.3) is 0 Å². The van der Waals surface area contributed by atoms with Gasteiger partial charge in [-0.05, 0) is 30.2 Å². The fraction of sp³-hybridized carbons (Fsp3) is 0.200. The van der Waals surface area contributed by atoms with Crippen molar-refractivity contribution >= 4 is 11.6 Å². The molecule has 0 bridgehead atoms. The Morgan fingerprint density at radius 1 is 1.30 bits per heavy atom. The summed E-state index contributed by atoms with van der Waals surface area (Å²) in [6.07, 6.45) is 2.23. The van der Waals surface area contributed by atoms with Crippen molar-refractivity contribution in [1.82, 2.24) is 4.98 Å². The Balaban J connectivity index is 2.02. The monoisotopic (exact) mass is 269 g/mol. The number of carbonyl (C=O) groups excluding carboxylic acids is 1. The van der Waals surface area contributed by atoms with E-state index in [2.05, 4.69) is 4.98 Å². The van der Waals surface area contributed by atoms with Crippen molar-refractivity contribution in [2.24, 2.45) is 5.73 Å². The van der Waals surface area contributed by atoms with Crippen molar-refractivity contribution in [1.29, 1.82) is 0 Å². The van der Waals surface area contributed by atoms with Gasteiger partial charge in [-0.3, -0.25) is 4.79 Å². The Hall–Kier alpha value is -2.40. The highest BCUT2D eigenvalue weighted by Crippen LogP contribution is 2.28. The van der Waals surface area contributed by atoms with E-state index in [4.69, 9.17) is 5.73 Å². The third kappa shape index (κ3) is 2.12. The highest BCUT2D eigenvalue weighted by atomic mass is 16.3. The van der Waals surface area contributed by atoms with Crippen LogP contribution in [0.2, 0.25) is 0 Å². The predicted octanol–water partition coefficient (Wildman–Crippen LogP) is 1.32. The van der Waals surface area contributed by atoms with Crippen LogP contribution in [0.4, 0.5) is 5.69 Å². The first kappa shape index (κ1) is 12.6. The normalized spacial score (nSPS) is 17.6. The summed E-state index contributed by atoms with van der Waals surface area (Å²) in [6.45, 7) is 0.422. The number of anilines is 1. The first-order valence-electron chi connectivity index (χ1n) is 6.46. The number of benzene rings is 1. The minimum Gasteiger partial charge on any atom is -0.505 e. The van der Waals surface area contributed by atoms with Crippen LogP contribution in [-0.2, 0) is 6.42 Å². The topological polar surface area (TPSA) is 79.5 Å². The summed E-state index contributed by atoms with van der Waals surface area (Å²) < 4.78 is 0. The Morgan fingerprint density at radius 2 is 2.10 bits per heavy atom. The molecule has 1 unspecified atom stereocenters. The van der Waals surface area contributed by atoms with Gasteiger partial charge in [0, 0.05) is 24.5 Å². The maximum Gasteiger partial charge on any atom is 0.280 e. The van der Waals surface area contributed by atoms with Crippen LogP contribution in [0.1, 0.15) is 16.1 Å². The Kier molecular flexibility index (Phi) is 3.12. The maximum atomic E-state index is 12.6. The standard InChI is InChI=1S/C15H15N3O2/c16-11-8-10-4-1-2-5-12(10)18(9-11)15(20)14-13(19)6-3-7-17-14/h1-7,11,19H,8-9,16H2. The second-order valence-electron chi connectivity index (χ2n) is 4.88. The van der Waals surface area contributed by atoms with Crippen LogP contribution >= 0.6 is 0 Å². The average molecular weight is 269 g/mol. The number of fused-ring (bicyclic) bond motifs is 1. The van der Waals surface area contributed by atoms with Gasteiger partial charge in [-0.25, -0.2) is 4.98 Å². The van der Waals surface area contributed by atoms with Gasteiger partial charge in [0.25, 0.3) is 5.91 Å². The molecule has 1 atom stereocenters. The van der Waals surface area contributed by atoms with E-state index < -0.39 is 0 Å². The lowest BCUT2D eigenvalue weighted by atomic mass is 9.98. The molecule has 0 saturated heterocycles. The SMILES string of the molecule is NC1Cc2ccccc2N(C(=O)c2ncccc2O)C1. The number of pyridine rings is 1. The van der Waals surface area contributed by atoms with Crippen LogP contribution in [0.3, 0.4) is 0 Å². The molecule has 5 heteroatoms. The summed E-state index contributed by atoms with van der Waals surface area (Å²) >= 11 is 0. The third-order valence-corrected chi connectivity index (χ3v) is 3.42. The molecule has 1 aromatic heterocycles. The molecule has 5 nitrogen and oxygen atoms in total. The molecule has 1 aliphatic heterocycles. The Labute approximate surface area is 116 Å². The van der Waals surface area contributed by atoms with Gasteiger partial charge in [0.2, 0.25) is 0 Å². The fourth-order valence-electron chi connectivity index (χ4n) is 2.51. The van der Waals surface area contributed by atoms with Crippen LogP contribution in [0, 0.1) is 0 Å². The van der Waals surface area contributed by atoms with Crippen molar-refractivity contribution in [3.05, 3.63) is 53.9 Å². The Morgan fingerprint density at radius 3 is 2.90 bits per heavy atom. The molecule has 3 N–H and O–H groups in total. The third-order valence-electron chi connectivity index (χ3n) is 3.42. The number of nitrogens with two attached hydrogens (primary N) is 1. The molecule has 3 rings (SSSR count). The Bertz CT molecular complexity index is 657. The molecule has 1 aromatic carbocycles. The molecule has 1 amide bonds. The van der Waals surface area contributed by atoms with E-state index in [0.29, 0.717) is 6.54 Å². The van der Waals surface area contributed by atoms with Crippen LogP contribution < -0.4 is 10.6 Å². The number of aromatic nitrogens is 1. The lowest BCUT2D eigenvalue weighted by molar-refractivity contribution is 0.0975. The van der Waals surface area contributed by atoms with Crippen molar-refractivity contribution < 1.29 is 9.90 Å². The van der Waals surface area contributed by atoms with Gasteiger partial charge < -0.3 is 15.7 Å². The highest BCUT2D eigenvalue weighted by molar-refractivity contribution is 6.07. The van der Waals surface area contributed by atoms with Gasteiger partial charge >= 0.3 is 0 Å². The van der Waals surface area contributed by atoms with E-state index in [9.17, 15) is 9.90 Å². The number of amides is 1. The van der Waals surface area contributed by atoms with Gasteiger partial charge in [-0.15, -0.1) is 0 Å². The molecule has 0 fully saturated rings. The van der Waals surface area contributed by atoms with E-state index >= 15 is 0 Å². The van der Waals surface area contributed by atoms with Gasteiger partial charge in [0.05, 0.1) is 0 Å². The van der Waals surface area contributed by atoms with Gasteiger partial charge in [0.15, 0.2) is 5.69 Å². The zero-order valence-electron chi connectivity index (χ0n) is 10.9. The van der Waals surface area contributed by atoms with Gasteiger partial charge in [0.1, 0.15) is 5.75 Å². The maximum absolute atomic E-state index is 12.6. The lowest BCUT2D eigenvalue weighted by Crippen LogP contribution is -2.46. The summed E-state index contributed by atoms with van der Waals surface area (Å²) in [5.41, 5.74) is 7.94. The number of carbonyl (C=O) groups is 1. The highest BCUT2D eigenvalue weighted by Gasteiger charge is 2.29. The van der Waals surface area contributed by atoms with Gasteiger partial charge in [-0.1, -0.05) is 18.2 Å². The van der Waals surface area contributed by atoms with Crippen molar-refractivity contribution in [2.45, 2.75) is 12.5 Å². The summed E-state index contributed by atoms with van der Waals surface area (Å²) in [5.74, 6) is -0.445. The van der Waals surface area contributed by atoms with E-state index in [0.717, 1.165) is 17.7 Å². The van der Waals surface area contributed by atoms with E-state index in [1.165, 1.54) is 12.3 Å². The summed E-state index contributed by atoms with van der Waals surface area (Å²) in [4.78, 5) is 18.1. The first-order chi connectivity index (χ1) is 9.66. The minimum absolute atomic E-state index is 0.0522. The molecule has 2 heterocycles. The molecule has 0 radical (unpaired) electrons. The number of hydrogen-bond acceptors (Lipinski definition) is 4. The molecular weight excluding hydrogens is 254 g/mol. The number of aromatic hydroxyl groups is 1. The summed E-state index contributed by atoms with van der Waals surface area (Å²) in [5, 5.41) is 9.78. The zero-order valence-corrected chi connectivity index (χ0v) is 10.9. The van der Waals surface area contributed by atoms with E-state index in [1.807, 2.05) is 24.3 Å². The van der Waals surface area contributed by atoms with Crippen LogP contribution in [-0.4, -0.2) is 28.6 Å². The number of rotatable bonds is 1. The second-order valence-corrected chi connectivity index (χ2v) is 4.88.